The lowest BCUT2D eigenvalue weighted by molar-refractivity contribution is -0.138. The number of hydrogen-bond acceptors (Lipinski definition) is 2. The lowest BCUT2D eigenvalue weighted by atomic mass is 9.95. The summed E-state index contributed by atoms with van der Waals surface area (Å²) >= 11 is 0. The van der Waals surface area contributed by atoms with Gasteiger partial charge in [0, 0.05) is 12.1 Å². The normalized spacial score (nSPS) is 25.8. The maximum atomic E-state index is 12.5. The molecule has 3 nitrogen and oxygen atoms in total. The van der Waals surface area contributed by atoms with Gasteiger partial charge in [-0.3, -0.25) is 4.79 Å². The fraction of sp³-hybridized carbons (Fsp3) is 0.533. The molecule has 2 rings (SSSR count). The van der Waals surface area contributed by atoms with Gasteiger partial charge in [0.1, 0.15) is 6.04 Å². The average Bonchev–Trinajstić information content (AvgIpc) is 2.38. The summed E-state index contributed by atoms with van der Waals surface area (Å²) in [5.74, 6) is 0.0564. The molecule has 98 valence electrons. The Labute approximate surface area is 109 Å². The lowest BCUT2D eigenvalue weighted by Crippen LogP contribution is -2.50. The first-order chi connectivity index (χ1) is 8.61. The Kier molecular flexibility index (Phi) is 4.02. The number of carbonyl (C=O) groups is 1. The first-order valence-electron chi connectivity index (χ1n) is 6.74. The van der Waals surface area contributed by atoms with Crippen molar-refractivity contribution in [3.8, 4) is 0 Å². The molecule has 1 aromatic carbocycles. The van der Waals surface area contributed by atoms with Crippen LogP contribution in [0.25, 0.3) is 0 Å². The number of piperidine rings is 1. The molecule has 1 heterocycles. The van der Waals surface area contributed by atoms with E-state index in [1.165, 1.54) is 6.42 Å². The summed E-state index contributed by atoms with van der Waals surface area (Å²) in [4.78, 5) is 14.5. The average molecular weight is 246 g/mol. The third-order valence-electron chi connectivity index (χ3n) is 3.87. The van der Waals surface area contributed by atoms with Gasteiger partial charge >= 0.3 is 0 Å². The Bertz CT molecular complexity index is 394. The van der Waals surface area contributed by atoms with E-state index < -0.39 is 6.04 Å². The number of benzene rings is 1. The molecule has 1 amide bonds. The van der Waals surface area contributed by atoms with Crippen molar-refractivity contribution in [3.63, 3.8) is 0 Å². The standard InChI is InChI=1S/C15H22N2O/c1-11-7-6-8-12(2)17(11)15(18)14(16)13-9-4-3-5-10-13/h3-5,9-12,14H,6-8,16H2,1-2H3/t11?,12?,14-/m1/s1. The van der Waals surface area contributed by atoms with E-state index in [4.69, 9.17) is 5.73 Å². The van der Waals surface area contributed by atoms with Crippen LogP contribution in [0.15, 0.2) is 30.3 Å². The van der Waals surface area contributed by atoms with E-state index in [2.05, 4.69) is 13.8 Å². The van der Waals surface area contributed by atoms with Crippen molar-refractivity contribution >= 4 is 5.91 Å². The molecule has 0 saturated carbocycles. The van der Waals surface area contributed by atoms with Gasteiger partial charge in [0.2, 0.25) is 5.91 Å². The highest BCUT2D eigenvalue weighted by atomic mass is 16.2. The summed E-state index contributed by atoms with van der Waals surface area (Å²) in [5.41, 5.74) is 7.00. The second-order valence-electron chi connectivity index (χ2n) is 5.26. The minimum Gasteiger partial charge on any atom is -0.336 e. The number of amides is 1. The van der Waals surface area contributed by atoms with Crippen molar-refractivity contribution < 1.29 is 4.79 Å². The number of rotatable bonds is 2. The van der Waals surface area contributed by atoms with Crippen LogP contribution in [-0.2, 0) is 4.79 Å². The van der Waals surface area contributed by atoms with Gasteiger partial charge in [0.25, 0.3) is 0 Å². The van der Waals surface area contributed by atoms with Crippen LogP contribution in [-0.4, -0.2) is 22.9 Å². The minimum atomic E-state index is -0.533. The molecule has 1 saturated heterocycles. The number of nitrogens with zero attached hydrogens (tertiary/aromatic N) is 1. The highest BCUT2D eigenvalue weighted by molar-refractivity contribution is 5.83. The Morgan fingerprint density at radius 3 is 2.33 bits per heavy atom. The summed E-state index contributed by atoms with van der Waals surface area (Å²) in [6, 6.07) is 9.69. The van der Waals surface area contributed by atoms with E-state index in [0.717, 1.165) is 18.4 Å². The van der Waals surface area contributed by atoms with Crippen LogP contribution in [0.5, 0.6) is 0 Å². The zero-order chi connectivity index (χ0) is 13.1. The lowest BCUT2D eigenvalue weighted by Gasteiger charge is -2.40. The van der Waals surface area contributed by atoms with Gasteiger partial charge < -0.3 is 10.6 Å². The second kappa shape index (κ2) is 5.53. The van der Waals surface area contributed by atoms with Crippen LogP contribution in [0.4, 0.5) is 0 Å². The molecule has 0 bridgehead atoms. The van der Waals surface area contributed by atoms with E-state index in [-0.39, 0.29) is 5.91 Å². The summed E-state index contributed by atoms with van der Waals surface area (Å²) in [7, 11) is 0. The summed E-state index contributed by atoms with van der Waals surface area (Å²) in [6.07, 6.45) is 3.36. The van der Waals surface area contributed by atoms with Gasteiger partial charge in [-0.1, -0.05) is 30.3 Å². The van der Waals surface area contributed by atoms with Gasteiger partial charge in [-0.15, -0.1) is 0 Å². The van der Waals surface area contributed by atoms with Crippen molar-refractivity contribution in [2.24, 2.45) is 5.73 Å². The maximum Gasteiger partial charge on any atom is 0.244 e. The van der Waals surface area contributed by atoms with E-state index in [1.807, 2.05) is 35.2 Å². The molecule has 1 aromatic rings. The zero-order valence-electron chi connectivity index (χ0n) is 11.2. The van der Waals surface area contributed by atoms with E-state index >= 15 is 0 Å². The quantitative estimate of drug-likeness (QED) is 0.871. The molecule has 1 aliphatic heterocycles. The topological polar surface area (TPSA) is 46.3 Å². The van der Waals surface area contributed by atoms with E-state index in [1.54, 1.807) is 0 Å². The number of nitrogens with two attached hydrogens (primary N) is 1. The first-order valence-corrected chi connectivity index (χ1v) is 6.74. The van der Waals surface area contributed by atoms with Crippen molar-refractivity contribution in [2.75, 3.05) is 0 Å². The predicted octanol–water partition coefficient (Wildman–Crippen LogP) is 2.48. The molecule has 2 N–H and O–H groups in total. The molecule has 2 unspecified atom stereocenters. The monoisotopic (exact) mass is 246 g/mol. The van der Waals surface area contributed by atoms with Gasteiger partial charge in [0.15, 0.2) is 0 Å². The van der Waals surface area contributed by atoms with E-state index in [0.29, 0.717) is 12.1 Å². The predicted molar refractivity (Wildman–Crippen MR) is 73.0 cm³/mol. The second-order valence-corrected chi connectivity index (χ2v) is 5.26. The van der Waals surface area contributed by atoms with Gasteiger partial charge in [-0.2, -0.15) is 0 Å². The third-order valence-corrected chi connectivity index (χ3v) is 3.87. The van der Waals surface area contributed by atoms with Crippen LogP contribution in [0.3, 0.4) is 0 Å². The van der Waals surface area contributed by atoms with Crippen LogP contribution < -0.4 is 5.73 Å². The molecular formula is C15H22N2O. The number of likely N-dealkylation sites (tertiary alicyclic amines) is 1. The number of hydrogen-bond donors (Lipinski definition) is 1. The number of carbonyl (C=O) groups excluding carboxylic acids is 1. The van der Waals surface area contributed by atoms with E-state index in [9.17, 15) is 4.79 Å². The first kappa shape index (κ1) is 13.1. The van der Waals surface area contributed by atoms with Gasteiger partial charge in [-0.25, -0.2) is 0 Å². The molecule has 0 aromatic heterocycles. The van der Waals surface area contributed by atoms with Gasteiger partial charge in [-0.05, 0) is 38.7 Å². The summed E-state index contributed by atoms with van der Waals surface area (Å²) in [6.45, 7) is 4.23. The van der Waals surface area contributed by atoms with Crippen LogP contribution in [0.2, 0.25) is 0 Å². The molecule has 0 aliphatic carbocycles. The molecule has 1 fully saturated rings. The maximum absolute atomic E-state index is 12.5. The van der Waals surface area contributed by atoms with Crippen molar-refractivity contribution in [1.29, 1.82) is 0 Å². The van der Waals surface area contributed by atoms with Crippen LogP contribution >= 0.6 is 0 Å². The molecular weight excluding hydrogens is 224 g/mol. The Balaban J connectivity index is 2.15. The third kappa shape index (κ3) is 2.56. The molecule has 18 heavy (non-hydrogen) atoms. The molecule has 3 atom stereocenters. The fourth-order valence-electron chi connectivity index (χ4n) is 2.82. The Morgan fingerprint density at radius 1 is 1.22 bits per heavy atom. The minimum absolute atomic E-state index is 0.0564. The smallest absolute Gasteiger partial charge is 0.244 e. The summed E-state index contributed by atoms with van der Waals surface area (Å²) < 4.78 is 0. The van der Waals surface area contributed by atoms with Gasteiger partial charge in [0.05, 0.1) is 0 Å². The zero-order valence-corrected chi connectivity index (χ0v) is 11.2. The highest BCUT2D eigenvalue weighted by Crippen LogP contribution is 2.25. The molecule has 0 radical (unpaired) electrons. The molecule has 0 spiro atoms. The highest BCUT2D eigenvalue weighted by Gasteiger charge is 2.32. The summed E-state index contributed by atoms with van der Waals surface area (Å²) in [5, 5.41) is 0. The van der Waals surface area contributed by atoms with Crippen LogP contribution in [0, 0.1) is 0 Å². The largest absolute Gasteiger partial charge is 0.336 e. The molecule has 1 aliphatic rings. The van der Waals surface area contributed by atoms with Crippen LogP contribution in [0.1, 0.15) is 44.7 Å². The van der Waals surface area contributed by atoms with Crippen molar-refractivity contribution in [2.45, 2.75) is 51.2 Å². The molecule has 3 heteroatoms. The Hall–Kier alpha value is -1.35. The fourth-order valence-corrected chi connectivity index (χ4v) is 2.82. The van der Waals surface area contributed by atoms with Crippen molar-refractivity contribution in [1.82, 2.24) is 4.90 Å². The van der Waals surface area contributed by atoms with Crippen molar-refractivity contribution in [3.05, 3.63) is 35.9 Å². The Morgan fingerprint density at radius 2 is 1.78 bits per heavy atom. The SMILES string of the molecule is CC1CCCC(C)N1C(=O)[C@H](N)c1ccccc1.